The Morgan fingerprint density at radius 2 is 1.46 bits per heavy atom. The van der Waals surface area contributed by atoms with Gasteiger partial charge in [-0.25, -0.2) is 13.7 Å². The standard InChI is InChI=1S/C17H10F2N2O3/c18-10-3-1-9(2-4-10)14-13-15(24-20-14)17(23)21(16(13)22)12-7-5-11(19)6-8-12/h1-8,13,15H/t13-,15+/m0/s1. The van der Waals surface area contributed by atoms with Gasteiger partial charge < -0.3 is 4.84 Å². The molecule has 4 rings (SSSR count). The van der Waals surface area contributed by atoms with E-state index in [1.54, 1.807) is 0 Å². The van der Waals surface area contributed by atoms with Crippen molar-refractivity contribution in [3.8, 4) is 0 Å². The number of halogens is 2. The minimum Gasteiger partial charge on any atom is -0.381 e. The van der Waals surface area contributed by atoms with Crippen LogP contribution in [0, 0.1) is 17.6 Å². The zero-order valence-electron chi connectivity index (χ0n) is 12.1. The molecule has 1 fully saturated rings. The average Bonchev–Trinajstić information content (AvgIpc) is 3.11. The summed E-state index contributed by atoms with van der Waals surface area (Å²) in [5.41, 5.74) is 1.05. The first-order valence-electron chi connectivity index (χ1n) is 7.19. The molecule has 2 aromatic rings. The zero-order valence-corrected chi connectivity index (χ0v) is 12.1. The molecule has 0 aliphatic carbocycles. The molecule has 2 aliphatic heterocycles. The van der Waals surface area contributed by atoms with E-state index in [0.717, 1.165) is 4.90 Å². The second-order valence-corrected chi connectivity index (χ2v) is 5.48. The molecule has 2 aromatic carbocycles. The van der Waals surface area contributed by atoms with E-state index < -0.39 is 35.5 Å². The van der Waals surface area contributed by atoms with Crippen LogP contribution in [0.2, 0.25) is 0 Å². The molecule has 2 amide bonds. The summed E-state index contributed by atoms with van der Waals surface area (Å²) in [4.78, 5) is 31.3. The highest BCUT2D eigenvalue weighted by Gasteiger charge is 2.56. The van der Waals surface area contributed by atoms with Gasteiger partial charge in [-0.15, -0.1) is 0 Å². The van der Waals surface area contributed by atoms with Crippen LogP contribution in [0.5, 0.6) is 0 Å². The Bertz CT molecular complexity index is 862. The summed E-state index contributed by atoms with van der Waals surface area (Å²) in [5, 5.41) is 3.83. The van der Waals surface area contributed by atoms with Crippen LogP contribution < -0.4 is 4.90 Å². The molecule has 7 heteroatoms. The third-order valence-electron chi connectivity index (χ3n) is 4.04. The molecule has 2 aliphatic rings. The van der Waals surface area contributed by atoms with E-state index in [-0.39, 0.29) is 11.4 Å². The van der Waals surface area contributed by atoms with Gasteiger partial charge in [0.15, 0.2) is 0 Å². The molecule has 0 radical (unpaired) electrons. The topological polar surface area (TPSA) is 59.0 Å². The van der Waals surface area contributed by atoms with Gasteiger partial charge >= 0.3 is 0 Å². The third-order valence-corrected chi connectivity index (χ3v) is 4.04. The Morgan fingerprint density at radius 3 is 2.08 bits per heavy atom. The van der Waals surface area contributed by atoms with Crippen molar-refractivity contribution in [1.82, 2.24) is 0 Å². The number of hydrogen-bond donors (Lipinski definition) is 0. The maximum absolute atomic E-state index is 13.1. The number of carbonyl (C=O) groups is 2. The van der Waals surface area contributed by atoms with Crippen LogP contribution in [-0.2, 0) is 14.4 Å². The highest BCUT2D eigenvalue weighted by Crippen LogP contribution is 2.35. The molecule has 0 saturated carbocycles. The summed E-state index contributed by atoms with van der Waals surface area (Å²) in [7, 11) is 0. The Hall–Kier alpha value is -3.09. The van der Waals surface area contributed by atoms with Crippen LogP contribution in [0.1, 0.15) is 5.56 Å². The fourth-order valence-corrected chi connectivity index (χ4v) is 2.88. The van der Waals surface area contributed by atoms with Gasteiger partial charge in [-0.3, -0.25) is 9.59 Å². The van der Waals surface area contributed by atoms with Gasteiger partial charge in [-0.2, -0.15) is 0 Å². The lowest BCUT2D eigenvalue weighted by molar-refractivity contribution is -0.126. The number of nitrogens with zero attached hydrogens (tertiary/aromatic N) is 2. The molecule has 0 N–H and O–H groups in total. The molecular weight excluding hydrogens is 318 g/mol. The van der Waals surface area contributed by atoms with Crippen molar-refractivity contribution in [2.75, 3.05) is 4.90 Å². The Labute approximate surface area is 135 Å². The summed E-state index contributed by atoms with van der Waals surface area (Å²) in [6.07, 6.45) is -1.05. The number of carbonyl (C=O) groups excluding carboxylic acids is 2. The van der Waals surface area contributed by atoms with Gasteiger partial charge in [0.1, 0.15) is 23.3 Å². The molecule has 0 unspecified atom stereocenters. The van der Waals surface area contributed by atoms with E-state index in [1.165, 1.54) is 48.5 Å². The minimum atomic E-state index is -1.05. The van der Waals surface area contributed by atoms with E-state index in [0.29, 0.717) is 5.56 Å². The van der Waals surface area contributed by atoms with E-state index in [2.05, 4.69) is 5.16 Å². The number of fused-ring (bicyclic) bond motifs is 1. The third kappa shape index (κ3) is 2.09. The van der Waals surface area contributed by atoms with Crippen molar-refractivity contribution in [2.24, 2.45) is 11.1 Å². The fraction of sp³-hybridized carbons (Fsp3) is 0.118. The lowest BCUT2D eigenvalue weighted by Crippen LogP contribution is -2.33. The first kappa shape index (κ1) is 14.5. The van der Waals surface area contributed by atoms with Crippen LogP contribution >= 0.6 is 0 Å². The van der Waals surface area contributed by atoms with Crippen molar-refractivity contribution in [3.05, 3.63) is 65.7 Å². The Kier molecular flexibility index (Phi) is 3.16. The van der Waals surface area contributed by atoms with Crippen LogP contribution in [-0.4, -0.2) is 23.6 Å². The normalized spacial score (nSPS) is 22.4. The molecule has 0 bridgehead atoms. The molecule has 5 nitrogen and oxygen atoms in total. The molecular formula is C17H10F2N2O3. The molecule has 120 valence electrons. The van der Waals surface area contributed by atoms with Gasteiger partial charge in [0.2, 0.25) is 12.0 Å². The first-order chi connectivity index (χ1) is 11.6. The van der Waals surface area contributed by atoms with E-state index in [1.807, 2.05) is 0 Å². The molecule has 2 heterocycles. The lowest BCUT2D eigenvalue weighted by atomic mass is 9.94. The highest BCUT2D eigenvalue weighted by atomic mass is 19.1. The SMILES string of the molecule is O=C1[C@H]2C(c3ccc(F)cc3)=NO[C@H]2C(=O)N1c1ccc(F)cc1. The number of amides is 2. The van der Waals surface area contributed by atoms with Crippen molar-refractivity contribution < 1.29 is 23.2 Å². The smallest absolute Gasteiger partial charge is 0.278 e. The van der Waals surface area contributed by atoms with Crippen LogP contribution in [0.3, 0.4) is 0 Å². The number of rotatable bonds is 2. The zero-order chi connectivity index (χ0) is 16.8. The van der Waals surface area contributed by atoms with Crippen LogP contribution in [0.15, 0.2) is 53.7 Å². The monoisotopic (exact) mass is 328 g/mol. The fourth-order valence-electron chi connectivity index (χ4n) is 2.88. The van der Waals surface area contributed by atoms with Crippen molar-refractivity contribution >= 4 is 23.2 Å². The van der Waals surface area contributed by atoms with Crippen molar-refractivity contribution in [2.45, 2.75) is 6.10 Å². The summed E-state index contributed by atoms with van der Waals surface area (Å²) in [5.74, 6) is -2.85. The largest absolute Gasteiger partial charge is 0.381 e. The summed E-state index contributed by atoms with van der Waals surface area (Å²) >= 11 is 0. The molecule has 2 atom stereocenters. The first-order valence-corrected chi connectivity index (χ1v) is 7.19. The van der Waals surface area contributed by atoms with Gasteiger partial charge in [0, 0.05) is 5.56 Å². The maximum atomic E-state index is 13.1. The lowest BCUT2D eigenvalue weighted by Gasteiger charge is -2.15. The number of imide groups is 1. The van der Waals surface area contributed by atoms with Gasteiger partial charge in [0.25, 0.3) is 5.91 Å². The number of oxime groups is 1. The van der Waals surface area contributed by atoms with E-state index in [9.17, 15) is 18.4 Å². The Morgan fingerprint density at radius 1 is 0.875 bits per heavy atom. The maximum Gasteiger partial charge on any atom is 0.278 e. The second kappa shape index (κ2) is 5.23. The summed E-state index contributed by atoms with van der Waals surface area (Å²) < 4.78 is 26.1. The quantitative estimate of drug-likeness (QED) is 0.795. The predicted molar refractivity (Wildman–Crippen MR) is 80.2 cm³/mol. The summed E-state index contributed by atoms with van der Waals surface area (Å²) in [6, 6.07) is 10.5. The highest BCUT2D eigenvalue weighted by molar-refractivity contribution is 6.32. The number of benzene rings is 2. The average molecular weight is 328 g/mol. The number of anilines is 1. The second-order valence-electron chi connectivity index (χ2n) is 5.48. The van der Waals surface area contributed by atoms with Gasteiger partial charge in [-0.05, 0) is 36.4 Å². The molecule has 0 spiro atoms. The number of hydrogen-bond acceptors (Lipinski definition) is 4. The van der Waals surface area contributed by atoms with Crippen LogP contribution in [0.25, 0.3) is 0 Å². The predicted octanol–water partition coefficient (Wildman–Crippen LogP) is 2.26. The van der Waals surface area contributed by atoms with Crippen LogP contribution in [0.4, 0.5) is 14.5 Å². The van der Waals surface area contributed by atoms with Crippen molar-refractivity contribution in [1.29, 1.82) is 0 Å². The molecule has 24 heavy (non-hydrogen) atoms. The van der Waals surface area contributed by atoms with E-state index in [4.69, 9.17) is 4.84 Å². The minimum absolute atomic E-state index is 0.267. The van der Waals surface area contributed by atoms with E-state index >= 15 is 0 Å². The Balaban J connectivity index is 1.69. The van der Waals surface area contributed by atoms with Gasteiger partial charge in [0.05, 0.1) is 5.69 Å². The summed E-state index contributed by atoms with van der Waals surface area (Å²) in [6.45, 7) is 0. The molecule has 1 saturated heterocycles. The van der Waals surface area contributed by atoms with Crippen molar-refractivity contribution in [3.63, 3.8) is 0 Å². The molecule has 0 aromatic heterocycles. The van der Waals surface area contributed by atoms with Gasteiger partial charge in [-0.1, -0.05) is 17.3 Å².